The van der Waals surface area contributed by atoms with E-state index in [0.717, 1.165) is 38.2 Å². The van der Waals surface area contributed by atoms with Crippen molar-refractivity contribution < 1.29 is 9.90 Å². The second-order valence-electron chi connectivity index (χ2n) is 5.63. The predicted octanol–water partition coefficient (Wildman–Crippen LogP) is 2.76. The van der Waals surface area contributed by atoms with Crippen molar-refractivity contribution in [3.63, 3.8) is 0 Å². The van der Waals surface area contributed by atoms with Crippen molar-refractivity contribution in [3.8, 4) is 0 Å². The molecule has 0 saturated carbocycles. The Morgan fingerprint density at radius 3 is 3.10 bits per heavy atom. The minimum atomic E-state index is 0.0153. The van der Waals surface area contributed by atoms with E-state index < -0.39 is 0 Å². The van der Waals surface area contributed by atoms with Gasteiger partial charge in [0.05, 0.1) is 0 Å². The molecular formula is C16H23ClN2O2. The Hall–Kier alpha value is -1.10. The monoisotopic (exact) mass is 310 g/mol. The smallest absolute Gasteiger partial charge is 0.225 e. The Labute approximate surface area is 131 Å². The van der Waals surface area contributed by atoms with E-state index in [0.29, 0.717) is 17.4 Å². The molecule has 0 radical (unpaired) electrons. The lowest BCUT2D eigenvalue weighted by Gasteiger charge is -2.32. The Morgan fingerprint density at radius 2 is 2.33 bits per heavy atom. The van der Waals surface area contributed by atoms with Crippen LogP contribution in [0.25, 0.3) is 0 Å². The average molecular weight is 311 g/mol. The molecule has 4 nitrogen and oxygen atoms in total. The quantitative estimate of drug-likeness (QED) is 0.849. The molecular weight excluding hydrogens is 288 g/mol. The number of anilines is 1. The van der Waals surface area contributed by atoms with E-state index in [4.69, 9.17) is 16.7 Å². The Bertz CT molecular complexity index is 465. The number of aliphatic hydroxyl groups is 1. The summed E-state index contributed by atoms with van der Waals surface area (Å²) >= 11 is 5.89. The zero-order chi connectivity index (χ0) is 15.1. The molecule has 1 aromatic carbocycles. The highest BCUT2D eigenvalue weighted by Gasteiger charge is 2.19. The molecule has 1 saturated heterocycles. The first-order valence-electron chi connectivity index (χ1n) is 7.56. The number of hydrogen-bond donors (Lipinski definition) is 2. The van der Waals surface area contributed by atoms with Gasteiger partial charge in [-0.1, -0.05) is 17.7 Å². The lowest BCUT2D eigenvalue weighted by atomic mass is 9.95. The Kier molecular flexibility index (Phi) is 6.49. The lowest BCUT2D eigenvalue weighted by Crippen LogP contribution is -2.37. The summed E-state index contributed by atoms with van der Waals surface area (Å²) < 4.78 is 0. The highest BCUT2D eigenvalue weighted by Crippen LogP contribution is 2.19. The third-order valence-electron chi connectivity index (χ3n) is 3.90. The van der Waals surface area contributed by atoms with Crippen LogP contribution in [0.3, 0.4) is 0 Å². The number of halogens is 1. The van der Waals surface area contributed by atoms with Crippen LogP contribution in [-0.2, 0) is 4.79 Å². The van der Waals surface area contributed by atoms with Crippen molar-refractivity contribution >= 4 is 23.2 Å². The van der Waals surface area contributed by atoms with Gasteiger partial charge in [0, 0.05) is 36.8 Å². The van der Waals surface area contributed by atoms with E-state index in [2.05, 4.69) is 10.2 Å². The van der Waals surface area contributed by atoms with Crippen molar-refractivity contribution in [3.05, 3.63) is 29.3 Å². The number of amides is 1. The number of carbonyl (C=O) groups excluding carboxylic acids is 1. The molecule has 5 heteroatoms. The molecule has 21 heavy (non-hydrogen) atoms. The Balaban J connectivity index is 1.73. The molecule has 1 aromatic rings. The van der Waals surface area contributed by atoms with Crippen molar-refractivity contribution in [1.29, 1.82) is 0 Å². The van der Waals surface area contributed by atoms with Crippen LogP contribution >= 0.6 is 11.6 Å². The van der Waals surface area contributed by atoms with Crippen LogP contribution in [0, 0.1) is 5.92 Å². The van der Waals surface area contributed by atoms with Gasteiger partial charge in [-0.25, -0.2) is 0 Å². The summed E-state index contributed by atoms with van der Waals surface area (Å²) in [5.41, 5.74) is 0.740. The first-order chi connectivity index (χ1) is 10.2. The number of piperidine rings is 1. The number of likely N-dealkylation sites (tertiary alicyclic amines) is 1. The van der Waals surface area contributed by atoms with E-state index in [1.807, 2.05) is 12.1 Å². The number of nitrogens with zero attached hydrogens (tertiary/aromatic N) is 1. The minimum absolute atomic E-state index is 0.0153. The number of benzene rings is 1. The molecule has 1 fully saturated rings. The van der Waals surface area contributed by atoms with Crippen LogP contribution in [0.2, 0.25) is 5.02 Å². The van der Waals surface area contributed by atoms with E-state index >= 15 is 0 Å². The largest absolute Gasteiger partial charge is 0.396 e. The Morgan fingerprint density at radius 1 is 1.48 bits per heavy atom. The summed E-state index contributed by atoms with van der Waals surface area (Å²) in [5, 5.41) is 12.5. The molecule has 116 valence electrons. The van der Waals surface area contributed by atoms with Gasteiger partial charge >= 0.3 is 0 Å². The van der Waals surface area contributed by atoms with Crippen LogP contribution in [0.4, 0.5) is 5.69 Å². The SMILES string of the molecule is O=C(CCN1CCCC(CCO)C1)Nc1cccc(Cl)c1. The number of aliphatic hydroxyl groups excluding tert-OH is 1. The summed E-state index contributed by atoms with van der Waals surface area (Å²) in [4.78, 5) is 14.3. The van der Waals surface area contributed by atoms with Gasteiger partial charge < -0.3 is 15.3 Å². The molecule has 1 atom stereocenters. The van der Waals surface area contributed by atoms with Gasteiger partial charge in [0.1, 0.15) is 0 Å². The molecule has 0 aromatic heterocycles. The summed E-state index contributed by atoms with van der Waals surface area (Å²) in [6.07, 6.45) is 3.69. The molecule has 2 N–H and O–H groups in total. The van der Waals surface area contributed by atoms with Gasteiger partial charge in [-0.3, -0.25) is 4.79 Å². The molecule has 0 spiro atoms. The number of rotatable bonds is 6. The van der Waals surface area contributed by atoms with Gasteiger partial charge in [0.2, 0.25) is 5.91 Å². The number of nitrogens with one attached hydrogen (secondary N) is 1. The standard InChI is InChI=1S/C16H23ClN2O2/c17-14-4-1-5-15(11-14)18-16(21)6-9-19-8-2-3-13(12-19)7-10-20/h1,4-5,11,13,20H,2-3,6-10,12H2,(H,18,21). The summed E-state index contributed by atoms with van der Waals surface area (Å²) in [7, 11) is 0. The van der Waals surface area contributed by atoms with Gasteiger partial charge in [0.25, 0.3) is 0 Å². The zero-order valence-electron chi connectivity index (χ0n) is 12.2. The predicted molar refractivity (Wildman–Crippen MR) is 85.6 cm³/mol. The van der Waals surface area contributed by atoms with Crippen molar-refractivity contribution in [2.24, 2.45) is 5.92 Å². The van der Waals surface area contributed by atoms with Crippen LogP contribution in [0.1, 0.15) is 25.7 Å². The number of hydrogen-bond acceptors (Lipinski definition) is 3. The summed E-state index contributed by atoms with van der Waals surface area (Å²) in [5.74, 6) is 0.585. The highest BCUT2D eigenvalue weighted by molar-refractivity contribution is 6.30. The molecule has 1 heterocycles. The van der Waals surface area contributed by atoms with Crippen LogP contribution in [0.5, 0.6) is 0 Å². The van der Waals surface area contributed by atoms with E-state index in [-0.39, 0.29) is 12.5 Å². The van der Waals surface area contributed by atoms with Gasteiger partial charge in [-0.15, -0.1) is 0 Å². The minimum Gasteiger partial charge on any atom is -0.396 e. The fourth-order valence-corrected chi connectivity index (χ4v) is 3.01. The lowest BCUT2D eigenvalue weighted by molar-refractivity contribution is -0.116. The second kappa shape index (κ2) is 8.37. The molecule has 1 amide bonds. The molecule has 1 aliphatic rings. The van der Waals surface area contributed by atoms with Crippen molar-refractivity contribution in [1.82, 2.24) is 4.90 Å². The van der Waals surface area contributed by atoms with Crippen molar-refractivity contribution in [2.45, 2.75) is 25.7 Å². The third-order valence-corrected chi connectivity index (χ3v) is 4.14. The van der Waals surface area contributed by atoms with Crippen LogP contribution in [-0.4, -0.2) is 42.2 Å². The van der Waals surface area contributed by atoms with E-state index in [1.165, 1.54) is 6.42 Å². The van der Waals surface area contributed by atoms with Crippen LogP contribution < -0.4 is 5.32 Å². The maximum Gasteiger partial charge on any atom is 0.225 e. The summed E-state index contributed by atoms with van der Waals surface area (Å²) in [6, 6.07) is 7.19. The molecule has 1 unspecified atom stereocenters. The maximum absolute atomic E-state index is 12.0. The third kappa shape index (κ3) is 5.65. The zero-order valence-corrected chi connectivity index (χ0v) is 13.0. The fraction of sp³-hybridized carbons (Fsp3) is 0.562. The second-order valence-corrected chi connectivity index (χ2v) is 6.07. The first-order valence-corrected chi connectivity index (χ1v) is 7.94. The van der Waals surface area contributed by atoms with E-state index in [9.17, 15) is 4.79 Å². The van der Waals surface area contributed by atoms with Gasteiger partial charge in [-0.05, 0) is 49.9 Å². The molecule has 0 bridgehead atoms. The molecule has 1 aliphatic heterocycles. The van der Waals surface area contributed by atoms with E-state index in [1.54, 1.807) is 12.1 Å². The molecule has 0 aliphatic carbocycles. The first kappa shape index (κ1) is 16.3. The normalized spacial score (nSPS) is 19.4. The van der Waals surface area contributed by atoms with Crippen molar-refractivity contribution in [2.75, 3.05) is 31.6 Å². The van der Waals surface area contributed by atoms with Gasteiger partial charge in [-0.2, -0.15) is 0 Å². The van der Waals surface area contributed by atoms with Crippen LogP contribution in [0.15, 0.2) is 24.3 Å². The van der Waals surface area contributed by atoms with Gasteiger partial charge in [0.15, 0.2) is 0 Å². The number of carbonyl (C=O) groups is 1. The molecule has 2 rings (SSSR count). The average Bonchev–Trinajstić information content (AvgIpc) is 2.46. The summed E-state index contributed by atoms with van der Waals surface area (Å²) in [6.45, 7) is 3.07. The fourth-order valence-electron chi connectivity index (χ4n) is 2.82. The topological polar surface area (TPSA) is 52.6 Å². The maximum atomic E-state index is 12.0. The highest BCUT2D eigenvalue weighted by atomic mass is 35.5.